The quantitative estimate of drug-likeness (QED) is 0.403. The van der Waals surface area contributed by atoms with Crippen molar-refractivity contribution in [1.29, 1.82) is 0 Å². The summed E-state index contributed by atoms with van der Waals surface area (Å²) in [7, 11) is 0. The minimum atomic E-state index is -0.326. The Morgan fingerprint density at radius 2 is 2.00 bits per heavy atom. The molecule has 0 bridgehead atoms. The third kappa shape index (κ3) is 3.75. The van der Waals surface area contributed by atoms with Gasteiger partial charge in [-0.05, 0) is 41.5 Å². The van der Waals surface area contributed by atoms with E-state index in [4.69, 9.17) is 4.74 Å². The van der Waals surface area contributed by atoms with Gasteiger partial charge in [0.05, 0.1) is 19.2 Å². The maximum absolute atomic E-state index is 13.3. The number of hydrogen-bond acceptors (Lipinski definition) is 6. The minimum absolute atomic E-state index is 0.0297. The summed E-state index contributed by atoms with van der Waals surface area (Å²) in [6.07, 6.45) is 3.47. The van der Waals surface area contributed by atoms with Crippen molar-refractivity contribution in [1.82, 2.24) is 20.0 Å². The molecule has 7 nitrogen and oxygen atoms in total. The van der Waals surface area contributed by atoms with Crippen molar-refractivity contribution < 1.29 is 19.0 Å². The summed E-state index contributed by atoms with van der Waals surface area (Å²) in [5.41, 5.74) is 3.43. The summed E-state index contributed by atoms with van der Waals surface area (Å²) in [6, 6.07) is 15.0. The number of aromatic nitrogens is 4. The molecule has 3 heterocycles. The predicted molar refractivity (Wildman–Crippen MR) is 109 cm³/mol. The molecule has 0 saturated carbocycles. The molecule has 0 saturated heterocycles. The summed E-state index contributed by atoms with van der Waals surface area (Å²) in [5, 5.41) is 18.1. The van der Waals surface area contributed by atoms with E-state index in [0.717, 1.165) is 16.7 Å². The molecule has 5 rings (SSSR count). The zero-order valence-electron chi connectivity index (χ0n) is 16.3. The van der Waals surface area contributed by atoms with Gasteiger partial charge in [0.25, 0.3) is 0 Å². The highest BCUT2D eigenvalue weighted by molar-refractivity contribution is 5.77. The van der Waals surface area contributed by atoms with Crippen LogP contribution in [0.25, 0.3) is 11.4 Å². The van der Waals surface area contributed by atoms with Gasteiger partial charge in [-0.3, -0.25) is 9.78 Å². The Hall–Kier alpha value is -4.07. The summed E-state index contributed by atoms with van der Waals surface area (Å²) in [5.74, 6) is -0.305. The van der Waals surface area contributed by atoms with Crippen LogP contribution < -0.4 is 4.74 Å². The van der Waals surface area contributed by atoms with Crippen molar-refractivity contribution in [3.63, 3.8) is 0 Å². The van der Waals surface area contributed by atoms with Crippen LogP contribution in [0, 0.1) is 5.82 Å². The zero-order chi connectivity index (χ0) is 21.4. The van der Waals surface area contributed by atoms with E-state index in [1.807, 2.05) is 18.2 Å². The van der Waals surface area contributed by atoms with Crippen molar-refractivity contribution in [3.05, 3.63) is 89.5 Å². The molecule has 1 atom stereocenters. The van der Waals surface area contributed by atoms with Crippen LogP contribution in [0.3, 0.4) is 0 Å². The van der Waals surface area contributed by atoms with E-state index in [2.05, 4.69) is 15.3 Å². The van der Waals surface area contributed by atoms with Crippen molar-refractivity contribution in [2.45, 2.75) is 18.9 Å². The van der Waals surface area contributed by atoms with Gasteiger partial charge in [-0.1, -0.05) is 29.5 Å². The van der Waals surface area contributed by atoms with Gasteiger partial charge in [-0.15, -0.1) is 5.10 Å². The fourth-order valence-corrected chi connectivity index (χ4v) is 3.75. The Bertz CT molecular complexity index is 1270. The number of hydrogen-bond donors (Lipinski definition) is 1. The van der Waals surface area contributed by atoms with Crippen molar-refractivity contribution >= 4 is 5.97 Å². The first-order valence-corrected chi connectivity index (χ1v) is 9.70. The van der Waals surface area contributed by atoms with Gasteiger partial charge >= 0.3 is 5.97 Å². The number of ether oxygens (including phenoxy) is 1. The molecule has 0 fully saturated rings. The van der Waals surface area contributed by atoms with Crippen LogP contribution in [0.1, 0.15) is 29.0 Å². The molecule has 0 radical (unpaired) electrons. The molecule has 154 valence electrons. The molecule has 1 aliphatic rings. The number of carbonyl (C=O) groups excluding carboxylic acids is 1. The van der Waals surface area contributed by atoms with Crippen LogP contribution in [-0.2, 0) is 11.3 Å². The third-order valence-corrected chi connectivity index (χ3v) is 5.23. The lowest BCUT2D eigenvalue weighted by atomic mass is 9.86. The molecule has 2 aromatic heterocycles. The average molecular weight is 416 g/mol. The smallest absolute Gasteiger partial charge is 0.312 e. The highest BCUT2D eigenvalue weighted by Crippen LogP contribution is 2.39. The molecule has 0 amide bonds. The van der Waals surface area contributed by atoms with Gasteiger partial charge in [0.2, 0.25) is 0 Å². The highest BCUT2D eigenvalue weighted by Gasteiger charge is 2.28. The van der Waals surface area contributed by atoms with Crippen LogP contribution in [0.15, 0.2) is 67.0 Å². The van der Waals surface area contributed by atoms with Crippen LogP contribution in [0.5, 0.6) is 11.5 Å². The van der Waals surface area contributed by atoms with Gasteiger partial charge in [0.1, 0.15) is 28.7 Å². The normalized spacial score (nSPS) is 15.4. The molecule has 2 aromatic carbocycles. The highest BCUT2D eigenvalue weighted by atomic mass is 19.1. The second-order valence-corrected chi connectivity index (χ2v) is 7.33. The van der Waals surface area contributed by atoms with Gasteiger partial charge in [-0.25, -0.2) is 9.07 Å². The lowest BCUT2D eigenvalue weighted by Crippen LogP contribution is -2.21. The number of halogens is 1. The largest absolute Gasteiger partial charge is 0.506 e. The molecule has 1 unspecified atom stereocenters. The molecule has 31 heavy (non-hydrogen) atoms. The maximum Gasteiger partial charge on any atom is 0.312 e. The number of nitrogens with zero attached hydrogens (tertiary/aromatic N) is 4. The lowest BCUT2D eigenvalue weighted by Gasteiger charge is -2.25. The standard InChI is InChI=1S/C23H17FN4O3/c24-16-6-4-15(5-7-16)18-11-22(30)31-21-10-14(3-8-17(18)21)12-28-13-19(26-27-28)23-20(29)2-1-9-25-23/h1-10,13,18,29H,11-12H2. The lowest BCUT2D eigenvalue weighted by molar-refractivity contribution is -0.135. The molecule has 1 aliphatic heterocycles. The maximum atomic E-state index is 13.3. The van der Waals surface area contributed by atoms with E-state index in [-0.39, 0.29) is 29.9 Å². The minimum Gasteiger partial charge on any atom is -0.506 e. The van der Waals surface area contributed by atoms with E-state index >= 15 is 0 Å². The number of benzene rings is 2. The van der Waals surface area contributed by atoms with E-state index in [0.29, 0.717) is 23.7 Å². The molecular weight excluding hydrogens is 399 g/mol. The fourth-order valence-electron chi connectivity index (χ4n) is 3.75. The van der Waals surface area contributed by atoms with Crippen LogP contribution in [0.2, 0.25) is 0 Å². The predicted octanol–water partition coefficient (Wildman–Crippen LogP) is 3.67. The van der Waals surface area contributed by atoms with Crippen LogP contribution in [0.4, 0.5) is 4.39 Å². The summed E-state index contributed by atoms with van der Waals surface area (Å²) >= 11 is 0. The molecule has 0 spiro atoms. The molecule has 4 aromatic rings. The Morgan fingerprint density at radius 3 is 2.81 bits per heavy atom. The van der Waals surface area contributed by atoms with E-state index in [1.54, 1.807) is 35.3 Å². The third-order valence-electron chi connectivity index (χ3n) is 5.23. The number of rotatable bonds is 4. The topological polar surface area (TPSA) is 90.1 Å². The SMILES string of the molecule is O=C1CC(c2ccc(F)cc2)c2ccc(Cn3cc(-c4ncccc4O)nn3)cc2O1. The number of fused-ring (bicyclic) bond motifs is 1. The van der Waals surface area contributed by atoms with Crippen molar-refractivity contribution in [2.24, 2.45) is 0 Å². The molecule has 1 N–H and O–H groups in total. The first-order valence-electron chi connectivity index (χ1n) is 9.70. The second-order valence-electron chi connectivity index (χ2n) is 7.33. The van der Waals surface area contributed by atoms with Gasteiger partial charge < -0.3 is 9.84 Å². The summed E-state index contributed by atoms with van der Waals surface area (Å²) < 4.78 is 20.4. The Labute approximate surface area is 176 Å². The summed E-state index contributed by atoms with van der Waals surface area (Å²) in [4.78, 5) is 16.3. The van der Waals surface area contributed by atoms with E-state index in [9.17, 15) is 14.3 Å². The number of aromatic hydroxyl groups is 1. The Kier molecular flexibility index (Phi) is 4.66. The second kappa shape index (κ2) is 7.64. The fraction of sp³-hybridized carbons (Fsp3) is 0.130. The zero-order valence-corrected chi connectivity index (χ0v) is 16.3. The average Bonchev–Trinajstić information content (AvgIpc) is 3.22. The van der Waals surface area contributed by atoms with Crippen LogP contribution in [-0.4, -0.2) is 31.1 Å². The van der Waals surface area contributed by atoms with Crippen molar-refractivity contribution in [2.75, 3.05) is 0 Å². The monoisotopic (exact) mass is 416 g/mol. The molecule has 8 heteroatoms. The number of esters is 1. The first-order chi connectivity index (χ1) is 15.1. The van der Waals surface area contributed by atoms with Gasteiger partial charge in [0, 0.05) is 17.7 Å². The Balaban J connectivity index is 1.41. The van der Waals surface area contributed by atoms with Gasteiger partial charge in [-0.2, -0.15) is 0 Å². The molecular formula is C23H17FN4O3. The van der Waals surface area contributed by atoms with Crippen molar-refractivity contribution in [3.8, 4) is 22.9 Å². The van der Waals surface area contributed by atoms with Crippen LogP contribution >= 0.6 is 0 Å². The Morgan fingerprint density at radius 1 is 1.16 bits per heavy atom. The number of pyridine rings is 1. The number of carbonyl (C=O) groups is 1. The first kappa shape index (κ1) is 18.9. The van der Waals surface area contributed by atoms with E-state index < -0.39 is 0 Å². The molecule has 0 aliphatic carbocycles. The summed E-state index contributed by atoms with van der Waals surface area (Å²) in [6.45, 7) is 0.395. The van der Waals surface area contributed by atoms with E-state index in [1.165, 1.54) is 18.2 Å². The van der Waals surface area contributed by atoms with Gasteiger partial charge in [0.15, 0.2) is 0 Å².